The fourth-order valence-electron chi connectivity index (χ4n) is 6.03. The molecule has 0 atom stereocenters. The molecular weight excluding hydrogens is 412 g/mol. The Morgan fingerprint density at radius 1 is 1.12 bits per heavy atom. The number of anilines is 1. The number of hydrogen-bond acceptors (Lipinski definition) is 5. The number of nitriles is 1. The Bertz CT molecular complexity index is 1050. The third kappa shape index (κ3) is 3.67. The lowest BCUT2D eigenvalue weighted by Gasteiger charge is -2.51. The van der Waals surface area contributed by atoms with Crippen molar-refractivity contribution in [1.29, 1.82) is 5.26 Å². The largest absolute Gasteiger partial charge is 0.326 e. The van der Waals surface area contributed by atoms with Crippen molar-refractivity contribution in [3.63, 3.8) is 0 Å². The molecule has 3 fully saturated rings. The lowest BCUT2D eigenvalue weighted by atomic mass is 9.68. The number of hydrogen-bond donors (Lipinski definition) is 0. The molecule has 1 saturated heterocycles. The van der Waals surface area contributed by atoms with Crippen LogP contribution in [0.15, 0.2) is 42.6 Å². The van der Waals surface area contributed by atoms with Crippen LogP contribution < -0.4 is 4.90 Å². The summed E-state index contributed by atoms with van der Waals surface area (Å²) in [7, 11) is 4.35. The van der Waals surface area contributed by atoms with Crippen molar-refractivity contribution in [2.24, 2.45) is 5.92 Å². The second-order valence-electron chi connectivity index (χ2n) is 10.1. The summed E-state index contributed by atoms with van der Waals surface area (Å²) in [4.78, 5) is 28.4. The molecule has 7 heteroatoms. The third-order valence-electron chi connectivity index (χ3n) is 8.34. The second-order valence-corrected chi connectivity index (χ2v) is 10.1. The fraction of sp³-hybridized carbons (Fsp3) is 0.538. The zero-order valence-corrected chi connectivity index (χ0v) is 19.6. The highest BCUT2D eigenvalue weighted by Crippen LogP contribution is 2.50. The molecule has 2 saturated carbocycles. The van der Waals surface area contributed by atoms with Crippen molar-refractivity contribution >= 4 is 11.8 Å². The van der Waals surface area contributed by atoms with E-state index >= 15 is 0 Å². The highest BCUT2D eigenvalue weighted by molar-refractivity contribution is 5.94. The quantitative estimate of drug-likeness (QED) is 0.692. The summed E-state index contributed by atoms with van der Waals surface area (Å²) in [6.07, 6.45) is 9.14. The Kier molecular flexibility index (Phi) is 5.57. The van der Waals surface area contributed by atoms with Gasteiger partial charge in [0.05, 0.1) is 12.1 Å². The lowest BCUT2D eigenvalue weighted by Crippen LogP contribution is -2.56. The Balaban J connectivity index is 1.46. The molecule has 2 heterocycles. The van der Waals surface area contributed by atoms with Crippen LogP contribution in [-0.2, 0) is 5.54 Å². The first-order valence-electron chi connectivity index (χ1n) is 12.0. The second kappa shape index (κ2) is 8.42. The van der Waals surface area contributed by atoms with Crippen molar-refractivity contribution in [3.05, 3.63) is 54.0 Å². The first-order valence-corrected chi connectivity index (χ1v) is 12.0. The highest BCUT2D eigenvalue weighted by atomic mass is 16.2. The molecule has 1 spiro atoms. The molecule has 2 aromatic rings. The molecule has 1 aliphatic heterocycles. The SMILES string of the molecule is CN(C)[C@]1(c2ccccc2)CC[C@@]2(CC1)CN(c1ccnc(C#N)n1)C(=O)N2CC1CCC1. The molecule has 1 aromatic carbocycles. The van der Waals surface area contributed by atoms with E-state index in [9.17, 15) is 10.1 Å². The van der Waals surface area contributed by atoms with Crippen molar-refractivity contribution in [1.82, 2.24) is 19.8 Å². The Morgan fingerprint density at radius 2 is 1.85 bits per heavy atom. The monoisotopic (exact) mass is 444 g/mol. The number of amides is 2. The van der Waals surface area contributed by atoms with Crippen LogP contribution in [-0.4, -0.2) is 58.5 Å². The Labute approximate surface area is 196 Å². The van der Waals surface area contributed by atoms with E-state index in [1.54, 1.807) is 17.2 Å². The average Bonchev–Trinajstić information content (AvgIpc) is 3.08. The third-order valence-corrected chi connectivity index (χ3v) is 8.34. The molecule has 2 aliphatic carbocycles. The van der Waals surface area contributed by atoms with Gasteiger partial charge in [0, 0.05) is 18.3 Å². The van der Waals surface area contributed by atoms with Gasteiger partial charge >= 0.3 is 6.03 Å². The summed E-state index contributed by atoms with van der Waals surface area (Å²) in [5, 5.41) is 9.25. The minimum Gasteiger partial charge on any atom is -0.317 e. The first kappa shape index (κ1) is 21.8. The van der Waals surface area contributed by atoms with E-state index in [2.05, 4.69) is 64.2 Å². The van der Waals surface area contributed by atoms with E-state index < -0.39 is 0 Å². The van der Waals surface area contributed by atoms with Crippen LogP contribution in [0, 0.1) is 17.2 Å². The van der Waals surface area contributed by atoms with Crippen LogP contribution >= 0.6 is 0 Å². The van der Waals surface area contributed by atoms with Gasteiger partial charge in [0.15, 0.2) is 0 Å². The van der Waals surface area contributed by atoms with Gasteiger partial charge in [-0.15, -0.1) is 0 Å². The number of carbonyl (C=O) groups excluding carboxylic acids is 1. The van der Waals surface area contributed by atoms with Gasteiger partial charge in [-0.25, -0.2) is 14.8 Å². The predicted octanol–water partition coefficient (Wildman–Crippen LogP) is 4.16. The van der Waals surface area contributed by atoms with Crippen LogP contribution in [0.3, 0.4) is 0 Å². The minimum absolute atomic E-state index is 0.0198. The minimum atomic E-state index is -0.196. The van der Waals surface area contributed by atoms with Crippen LogP contribution in [0.1, 0.15) is 56.3 Å². The molecule has 0 unspecified atom stereocenters. The topological polar surface area (TPSA) is 76.4 Å². The standard InChI is InChI=1S/C26H32N6O/c1-30(2)26(21-9-4-3-5-10-21)14-12-25(13-15-26)19-31(23-11-16-28-22(17-27)29-23)24(33)32(25)18-20-7-6-8-20/h3-5,9-11,16,20H,6-8,12-15,18-19H2,1-2H3/t25-,26-. The fourth-order valence-corrected chi connectivity index (χ4v) is 6.03. The molecule has 0 N–H and O–H groups in total. The molecule has 0 bridgehead atoms. The number of benzene rings is 1. The number of rotatable bonds is 5. The normalized spacial score (nSPS) is 27.8. The van der Waals surface area contributed by atoms with Gasteiger partial charge < -0.3 is 4.90 Å². The molecule has 2 amide bonds. The van der Waals surface area contributed by atoms with Gasteiger partial charge in [0.2, 0.25) is 5.82 Å². The summed E-state index contributed by atoms with van der Waals surface area (Å²) in [6.45, 7) is 1.45. The van der Waals surface area contributed by atoms with Gasteiger partial charge in [-0.05, 0) is 70.2 Å². The van der Waals surface area contributed by atoms with Crippen molar-refractivity contribution < 1.29 is 4.79 Å². The maximum absolute atomic E-state index is 13.7. The van der Waals surface area contributed by atoms with Gasteiger partial charge in [0.1, 0.15) is 11.9 Å². The van der Waals surface area contributed by atoms with Crippen LogP contribution in [0.4, 0.5) is 10.6 Å². The Morgan fingerprint density at radius 3 is 2.45 bits per heavy atom. The molecule has 33 heavy (non-hydrogen) atoms. The molecule has 5 rings (SSSR count). The first-order chi connectivity index (χ1) is 16.0. The van der Waals surface area contributed by atoms with Crippen LogP contribution in [0.2, 0.25) is 0 Å². The maximum Gasteiger partial charge on any atom is 0.326 e. The van der Waals surface area contributed by atoms with Gasteiger partial charge in [-0.1, -0.05) is 36.8 Å². The van der Waals surface area contributed by atoms with Crippen molar-refractivity contribution in [3.8, 4) is 6.07 Å². The van der Waals surface area contributed by atoms with Gasteiger partial charge in [-0.3, -0.25) is 9.80 Å². The zero-order chi connectivity index (χ0) is 23.1. The highest BCUT2D eigenvalue weighted by Gasteiger charge is 2.55. The number of carbonyl (C=O) groups is 1. The van der Waals surface area contributed by atoms with Crippen molar-refractivity contribution in [2.75, 3.05) is 32.1 Å². The van der Waals surface area contributed by atoms with E-state index in [0.29, 0.717) is 18.3 Å². The summed E-state index contributed by atoms with van der Waals surface area (Å²) in [5.41, 5.74) is 1.14. The molecule has 172 valence electrons. The van der Waals surface area contributed by atoms with Crippen LogP contribution in [0.5, 0.6) is 0 Å². The maximum atomic E-state index is 13.7. The van der Waals surface area contributed by atoms with Crippen LogP contribution in [0.25, 0.3) is 0 Å². The molecule has 0 radical (unpaired) electrons. The van der Waals surface area contributed by atoms with Crippen molar-refractivity contribution in [2.45, 2.75) is 56.0 Å². The number of nitrogens with zero attached hydrogens (tertiary/aromatic N) is 6. The lowest BCUT2D eigenvalue weighted by molar-refractivity contribution is 0.0172. The molecule has 1 aromatic heterocycles. The molecule has 7 nitrogen and oxygen atoms in total. The molecular formula is C26H32N6O. The summed E-state index contributed by atoms with van der Waals surface area (Å²) < 4.78 is 0. The predicted molar refractivity (Wildman–Crippen MR) is 127 cm³/mol. The summed E-state index contributed by atoms with van der Waals surface area (Å²) >= 11 is 0. The van der Waals surface area contributed by atoms with E-state index in [0.717, 1.165) is 32.2 Å². The summed E-state index contributed by atoms with van der Waals surface area (Å²) in [5.74, 6) is 1.24. The number of urea groups is 1. The zero-order valence-electron chi connectivity index (χ0n) is 19.6. The van der Waals surface area contributed by atoms with Gasteiger partial charge in [-0.2, -0.15) is 5.26 Å². The van der Waals surface area contributed by atoms with E-state index in [-0.39, 0.29) is 22.9 Å². The molecule has 3 aliphatic rings. The Hall–Kier alpha value is -2.98. The smallest absolute Gasteiger partial charge is 0.317 e. The summed E-state index contributed by atoms with van der Waals surface area (Å²) in [6, 6.07) is 14.6. The van der Waals surface area contributed by atoms with Gasteiger partial charge in [0.25, 0.3) is 0 Å². The number of aromatic nitrogens is 2. The average molecular weight is 445 g/mol. The van der Waals surface area contributed by atoms with E-state index in [1.807, 2.05) is 6.07 Å². The van der Waals surface area contributed by atoms with E-state index in [4.69, 9.17) is 0 Å². The van der Waals surface area contributed by atoms with E-state index in [1.165, 1.54) is 24.8 Å².